The summed E-state index contributed by atoms with van der Waals surface area (Å²) in [5.74, 6) is -1.23. The van der Waals surface area contributed by atoms with Crippen LogP contribution in [0.5, 0.6) is 5.75 Å². The van der Waals surface area contributed by atoms with Crippen LogP contribution in [0, 0.1) is 0 Å². The lowest BCUT2D eigenvalue weighted by molar-refractivity contribution is -0.136. The first-order valence-corrected chi connectivity index (χ1v) is 7.47. The highest BCUT2D eigenvalue weighted by Gasteiger charge is 2.15. The van der Waals surface area contributed by atoms with Gasteiger partial charge in [-0.05, 0) is 47.9 Å². The Morgan fingerprint density at radius 1 is 1.04 bits per heavy atom. The van der Waals surface area contributed by atoms with Gasteiger partial charge >= 0.3 is 11.8 Å². The molecule has 5 nitrogen and oxygen atoms in total. The SMILES string of the molecule is CC(CNC(=O)C(=O)Nc1ccc(Cl)cc1)c1ccc(O)cc1. The molecular weight excluding hydrogens is 316 g/mol. The van der Waals surface area contributed by atoms with E-state index in [0.717, 1.165) is 5.56 Å². The minimum atomic E-state index is -0.731. The fourth-order valence-corrected chi connectivity index (χ4v) is 2.09. The fourth-order valence-electron chi connectivity index (χ4n) is 1.97. The van der Waals surface area contributed by atoms with Crippen molar-refractivity contribution in [2.24, 2.45) is 0 Å². The monoisotopic (exact) mass is 332 g/mol. The van der Waals surface area contributed by atoms with Gasteiger partial charge in [-0.2, -0.15) is 0 Å². The van der Waals surface area contributed by atoms with Gasteiger partial charge in [0.1, 0.15) is 5.75 Å². The number of hydrogen-bond donors (Lipinski definition) is 3. The number of anilines is 1. The van der Waals surface area contributed by atoms with Gasteiger partial charge in [0, 0.05) is 17.3 Å². The average Bonchev–Trinajstić information content (AvgIpc) is 2.55. The van der Waals surface area contributed by atoms with E-state index in [1.807, 2.05) is 6.92 Å². The van der Waals surface area contributed by atoms with Crippen LogP contribution in [-0.4, -0.2) is 23.5 Å². The molecule has 1 atom stereocenters. The first-order valence-electron chi connectivity index (χ1n) is 7.09. The molecule has 0 saturated heterocycles. The maximum absolute atomic E-state index is 11.8. The van der Waals surface area contributed by atoms with Crippen molar-refractivity contribution in [1.29, 1.82) is 0 Å². The molecule has 0 aliphatic heterocycles. The molecule has 0 spiro atoms. The van der Waals surface area contributed by atoms with Crippen molar-refractivity contribution in [1.82, 2.24) is 5.32 Å². The summed E-state index contributed by atoms with van der Waals surface area (Å²) in [6.45, 7) is 2.24. The molecule has 2 rings (SSSR count). The van der Waals surface area contributed by atoms with E-state index in [-0.39, 0.29) is 11.7 Å². The van der Waals surface area contributed by atoms with Crippen LogP contribution >= 0.6 is 11.6 Å². The van der Waals surface area contributed by atoms with E-state index in [9.17, 15) is 14.7 Å². The number of rotatable bonds is 4. The highest BCUT2D eigenvalue weighted by Crippen LogP contribution is 2.17. The Balaban J connectivity index is 1.85. The average molecular weight is 333 g/mol. The third kappa shape index (κ3) is 5.00. The fraction of sp³-hybridized carbons (Fsp3) is 0.176. The summed E-state index contributed by atoms with van der Waals surface area (Å²) in [6.07, 6.45) is 0. The molecule has 120 valence electrons. The van der Waals surface area contributed by atoms with Crippen molar-refractivity contribution in [2.45, 2.75) is 12.8 Å². The molecule has 0 radical (unpaired) electrons. The summed E-state index contributed by atoms with van der Waals surface area (Å²) in [5, 5.41) is 14.9. The Bertz CT molecular complexity index is 684. The number of amides is 2. The predicted molar refractivity (Wildman–Crippen MR) is 89.6 cm³/mol. The molecule has 2 aromatic rings. The van der Waals surface area contributed by atoms with Gasteiger partial charge < -0.3 is 15.7 Å². The maximum Gasteiger partial charge on any atom is 0.313 e. The summed E-state index contributed by atoms with van der Waals surface area (Å²) in [4.78, 5) is 23.6. The number of nitrogens with one attached hydrogen (secondary N) is 2. The summed E-state index contributed by atoms with van der Waals surface area (Å²) in [7, 11) is 0. The third-order valence-electron chi connectivity index (χ3n) is 3.34. The van der Waals surface area contributed by atoms with Crippen molar-refractivity contribution < 1.29 is 14.7 Å². The smallest absolute Gasteiger partial charge is 0.313 e. The molecular formula is C17H17ClN2O3. The van der Waals surface area contributed by atoms with Gasteiger partial charge in [0.05, 0.1) is 0 Å². The molecule has 6 heteroatoms. The second kappa shape index (κ2) is 7.65. The van der Waals surface area contributed by atoms with E-state index in [1.165, 1.54) is 0 Å². The Morgan fingerprint density at radius 3 is 2.26 bits per heavy atom. The molecule has 0 bridgehead atoms. The van der Waals surface area contributed by atoms with Gasteiger partial charge in [-0.25, -0.2) is 0 Å². The van der Waals surface area contributed by atoms with Crippen molar-refractivity contribution in [3.63, 3.8) is 0 Å². The number of hydrogen-bond acceptors (Lipinski definition) is 3. The quantitative estimate of drug-likeness (QED) is 0.753. The number of carbonyl (C=O) groups excluding carboxylic acids is 2. The van der Waals surface area contributed by atoms with Crippen LogP contribution in [0.4, 0.5) is 5.69 Å². The molecule has 0 fully saturated rings. The lowest BCUT2D eigenvalue weighted by atomic mass is 10.0. The lowest BCUT2D eigenvalue weighted by Crippen LogP contribution is -2.37. The first kappa shape index (κ1) is 16.8. The highest BCUT2D eigenvalue weighted by molar-refractivity contribution is 6.39. The van der Waals surface area contributed by atoms with E-state index in [4.69, 9.17) is 11.6 Å². The van der Waals surface area contributed by atoms with Crippen molar-refractivity contribution >= 4 is 29.1 Å². The van der Waals surface area contributed by atoms with Crippen molar-refractivity contribution in [3.05, 3.63) is 59.1 Å². The van der Waals surface area contributed by atoms with Crippen LogP contribution in [0.25, 0.3) is 0 Å². The number of halogens is 1. The van der Waals surface area contributed by atoms with Gasteiger partial charge in [-0.15, -0.1) is 0 Å². The van der Waals surface area contributed by atoms with Crippen LogP contribution in [-0.2, 0) is 9.59 Å². The second-order valence-corrected chi connectivity index (χ2v) is 5.60. The van der Waals surface area contributed by atoms with Crippen LogP contribution in [0.15, 0.2) is 48.5 Å². The van der Waals surface area contributed by atoms with Crippen LogP contribution in [0.1, 0.15) is 18.4 Å². The molecule has 1 unspecified atom stereocenters. The Labute approximate surface area is 139 Å². The Hall–Kier alpha value is -2.53. The largest absolute Gasteiger partial charge is 0.508 e. The predicted octanol–water partition coefficient (Wildman–Crippen LogP) is 2.90. The zero-order valence-corrected chi connectivity index (χ0v) is 13.3. The van der Waals surface area contributed by atoms with Crippen molar-refractivity contribution in [3.8, 4) is 5.75 Å². The summed E-state index contributed by atoms with van der Waals surface area (Å²) >= 11 is 5.76. The van der Waals surface area contributed by atoms with Gasteiger partial charge in [-0.1, -0.05) is 30.7 Å². The van der Waals surface area contributed by atoms with Crippen LogP contribution in [0.2, 0.25) is 5.02 Å². The van der Waals surface area contributed by atoms with Gasteiger partial charge in [-0.3, -0.25) is 9.59 Å². The maximum atomic E-state index is 11.8. The highest BCUT2D eigenvalue weighted by atomic mass is 35.5. The van der Waals surface area contributed by atoms with Gasteiger partial charge in [0.25, 0.3) is 0 Å². The van der Waals surface area contributed by atoms with E-state index in [2.05, 4.69) is 10.6 Å². The van der Waals surface area contributed by atoms with E-state index in [1.54, 1.807) is 48.5 Å². The molecule has 0 aliphatic carbocycles. The summed E-state index contributed by atoms with van der Waals surface area (Å²) < 4.78 is 0. The molecule has 0 saturated carbocycles. The zero-order valence-electron chi connectivity index (χ0n) is 12.5. The third-order valence-corrected chi connectivity index (χ3v) is 3.59. The molecule has 0 heterocycles. The Kier molecular flexibility index (Phi) is 5.60. The Morgan fingerprint density at radius 2 is 1.65 bits per heavy atom. The van der Waals surface area contributed by atoms with Crippen molar-refractivity contribution in [2.75, 3.05) is 11.9 Å². The van der Waals surface area contributed by atoms with Gasteiger partial charge in [0.15, 0.2) is 0 Å². The molecule has 3 N–H and O–H groups in total. The van der Waals surface area contributed by atoms with E-state index in [0.29, 0.717) is 17.3 Å². The molecule has 2 amide bonds. The number of carbonyl (C=O) groups is 2. The normalized spacial score (nSPS) is 11.6. The second-order valence-electron chi connectivity index (χ2n) is 5.16. The van der Waals surface area contributed by atoms with E-state index < -0.39 is 11.8 Å². The summed E-state index contributed by atoms with van der Waals surface area (Å²) in [5.41, 5.74) is 1.46. The van der Waals surface area contributed by atoms with Gasteiger partial charge in [0.2, 0.25) is 0 Å². The topological polar surface area (TPSA) is 78.4 Å². The zero-order chi connectivity index (χ0) is 16.8. The van der Waals surface area contributed by atoms with Crippen LogP contribution in [0.3, 0.4) is 0 Å². The number of phenolic OH excluding ortho intramolecular Hbond substituents is 1. The minimum absolute atomic E-state index is 0.0166. The summed E-state index contributed by atoms with van der Waals surface area (Å²) in [6, 6.07) is 13.2. The standard InChI is InChI=1S/C17H17ClN2O3/c1-11(12-2-8-15(21)9-3-12)10-19-16(22)17(23)20-14-6-4-13(18)5-7-14/h2-9,11,21H,10H2,1H3,(H,19,22)(H,20,23). The van der Waals surface area contributed by atoms with E-state index >= 15 is 0 Å². The lowest BCUT2D eigenvalue weighted by Gasteiger charge is -2.13. The number of aromatic hydroxyl groups is 1. The number of benzene rings is 2. The first-order chi connectivity index (χ1) is 11.0. The molecule has 0 aromatic heterocycles. The molecule has 2 aromatic carbocycles. The van der Waals surface area contributed by atoms with Crippen LogP contribution < -0.4 is 10.6 Å². The molecule has 0 aliphatic rings. The number of phenols is 1. The minimum Gasteiger partial charge on any atom is -0.508 e. The molecule has 23 heavy (non-hydrogen) atoms.